The molecule has 1 saturated carbocycles. The molecule has 25 heavy (non-hydrogen) atoms. The summed E-state index contributed by atoms with van der Waals surface area (Å²) in [4.78, 5) is 5.21. The Kier molecular flexibility index (Phi) is 14.7. The molecule has 1 aliphatic carbocycles. The van der Waals surface area contributed by atoms with Crippen LogP contribution in [0, 0.1) is 26.9 Å². The Hall–Kier alpha value is -1.11. The zero-order chi connectivity index (χ0) is 18.7. The van der Waals surface area contributed by atoms with Gasteiger partial charge in [-0.05, 0) is 45.0 Å². The van der Waals surface area contributed by atoms with Crippen molar-refractivity contribution in [2.75, 3.05) is 14.1 Å². The number of hydrogen-bond acceptors (Lipinski definition) is 2. The summed E-state index contributed by atoms with van der Waals surface area (Å²) in [6.45, 7) is 15.7. The van der Waals surface area contributed by atoms with E-state index in [1.165, 1.54) is 36.8 Å². The second kappa shape index (κ2) is 14.1. The summed E-state index contributed by atoms with van der Waals surface area (Å²) in [5.41, 5.74) is 2.90. The first-order valence-electron chi connectivity index (χ1n) is 7.81. The fraction of sp³-hybridized carbons (Fsp3) is 0.526. The molecule has 2 aliphatic rings. The molecule has 5 nitrogen and oxygen atoms in total. The van der Waals surface area contributed by atoms with Crippen LogP contribution in [0.5, 0.6) is 0 Å². The maximum Gasteiger partial charge on any atom is 0 e. The summed E-state index contributed by atoms with van der Waals surface area (Å²) < 4.78 is 22.5. The van der Waals surface area contributed by atoms with E-state index in [0.717, 1.165) is 12.1 Å². The molecule has 1 saturated heterocycles. The second-order valence-corrected chi connectivity index (χ2v) is 5.98. The fourth-order valence-electron chi connectivity index (χ4n) is 4.01. The predicted molar refractivity (Wildman–Crippen MR) is 87.3 cm³/mol. The molecule has 1 aromatic carbocycles. The number of hydrogen-bond donors (Lipinski definition) is 0. The average molecular weight is 380 g/mol. The summed E-state index contributed by atoms with van der Waals surface area (Å²) in [5.74, 6) is 0. The molecular weight excluding hydrogens is 356 g/mol. The van der Waals surface area contributed by atoms with Gasteiger partial charge >= 0.3 is 33.9 Å². The number of fused-ring (bicyclic) bond motifs is 1. The molecule has 0 spiro atoms. The maximum absolute atomic E-state index is 7.50. The van der Waals surface area contributed by atoms with Gasteiger partial charge in [-0.3, -0.25) is 9.80 Å². The topological polar surface area (TPSA) is 66.2 Å². The second-order valence-electron chi connectivity index (χ2n) is 5.98. The molecule has 1 aliphatic heterocycles. The van der Waals surface area contributed by atoms with E-state index in [1.54, 1.807) is 0 Å². The predicted octanol–water partition coefficient (Wildman–Crippen LogP) is 3.07. The van der Waals surface area contributed by atoms with Crippen molar-refractivity contribution in [1.82, 2.24) is 9.80 Å². The zero-order valence-corrected chi connectivity index (χ0v) is 16.2. The van der Waals surface area contributed by atoms with Gasteiger partial charge in [0.25, 0.3) is 0 Å². The van der Waals surface area contributed by atoms with Crippen molar-refractivity contribution >= 4 is 0 Å². The van der Waals surface area contributed by atoms with Gasteiger partial charge in [0.15, 0.2) is 0 Å². The first-order chi connectivity index (χ1) is 11.7. The quantitative estimate of drug-likeness (QED) is 0.555. The molecule has 6 heteroatoms. The van der Waals surface area contributed by atoms with E-state index in [1.807, 2.05) is 0 Å². The van der Waals surface area contributed by atoms with Gasteiger partial charge in [-0.2, -0.15) is 0 Å². The van der Waals surface area contributed by atoms with E-state index in [4.69, 9.17) is 14.0 Å². The average Bonchev–Trinajstić information content (AvgIpc) is 2.92. The van der Waals surface area contributed by atoms with Crippen LogP contribution in [0.4, 0.5) is 0 Å². The Bertz CT molecular complexity index is 527. The molecule has 0 radical (unpaired) electrons. The van der Waals surface area contributed by atoms with E-state index in [0.29, 0.717) is 6.17 Å². The van der Waals surface area contributed by atoms with Gasteiger partial charge in [0.05, 0.1) is 6.17 Å². The third kappa shape index (κ3) is 5.98. The van der Waals surface area contributed by atoms with Crippen LogP contribution in [-0.2, 0) is 31.3 Å². The van der Waals surface area contributed by atoms with E-state index in [2.05, 4.69) is 75.0 Å². The van der Waals surface area contributed by atoms with Gasteiger partial charge in [0, 0.05) is 29.4 Å². The summed E-state index contributed by atoms with van der Waals surface area (Å²) in [6.07, 6.45) is 6.01. The minimum Gasteiger partial charge on any atom is 0 e. The van der Waals surface area contributed by atoms with Gasteiger partial charge in [-0.25, -0.2) is 0 Å². The summed E-state index contributed by atoms with van der Waals surface area (Å²) in [6, 6.07) is 10.4. The summed E-state index contributed by atoms with van der Waals surface area (Å²) in [7, 11) is 4.62. The van der Waals surface area contributed by atoms with Crippen LogP contribution < -0.4 is 0 Å². The largest absolute Gasteiger partial charge is 0 e. The molecule has 0 aromatic heterocycles. The number of rotatable bonds is 1. The third-order valence-electron chi connectivity index (χ3n) is 4.98. The monoisotopic (exact) mass is 380 g/mol. The van der Waals surface area contributed by atoms with Gasteiger partial charge in [-0.15, -0.1) is 0 Å². The number of likely N-dealkylation sites (N-methyl/N-ethyl adjacent to an activating group) is 2. The molecule has 1 heterocycles. The smallest absolute Gasteiger partial charge is 0 e. The van der Waals surface area contributed by atoms with E-state index < -0.39 is 0 Å². The van der Waals surface area contributed by atoms with E-state index >= 15 is 0 Å². The summed E-state index contributed by atoms with van der Waals surface area (Å²) in [5, 5.41) is 0. The molecule has 134 valence electrons. The zero-order valence-electron chi connectivity index (χ0n) is 14.9. The Morgan fingerprint density at radius 3 is 1.64 bits per heavy atom. The van der Waals surface area contributed by atoms with Crippen molar-refractivity contribution in [3.63, 3.8) is 0 Å². The first kappa shape index (κ1) is 26.1. The third-order valence-corrected chi connectivity index (χ3v) is 4.98. The Morgan fingerprint density at radius 2 is 1.24 bits per heavy atom. The van der Waals surface area contributed by atoms with Crippen molar-refractivity contribution in [3.05, 3.63) is 55.3 Å². The van der Waals surface area contributed by atoms with Gasteiger partial charge in [-0.1, -0.05) is 37.1 Å². The fourth-order valence-corrected chi connectivity index (χ4v) is 4.01. The van der Waals surface area contributed by atoms with Crippen LogP contribution in [0.15, 0.2) is 24.3 Å². The van der Waals surface area contributed by atoms with Crippen molar-refractivity contribution in [1.29, 1.82) is 0 Å². The maximum atomic E-state index is 7.50. The molecule has 0 bridgehead atoms. The Balaban J connectivity index is 0. The van der Waals surface area contributed by atoms with Gasteiger partial charge < -0.3 is 0 Å². The van der Waals surface area contributed by atoms with Gasteiger partial charge in [0.1, 0.15) is 0 Å². The number of benzene rings is 1. The Morgan fingerprint density at radius 1 is 0.840 bits per heavy atom. The molecular formula is C19H24CrN2O3. The molecule has 2 fully saturated rings. The summed E-state index contributed by atoms with van der Waals surface area (Å²) >= 11 is 0. The number of aryl methyl sites for hydroxylation is 1. The molecule has 1 aromatic rings. The van der Waals surface area contributed by atoms with Crippen LogP contribution in [-0.4, -0.2) is 36.0 Å². The van der Waals surface area contributed by atoms with Crippen molar-refractivity contribution in [3.8, 4) is 0 Å². The van der Waals surface area contributed by atoms with Crippen LogP contribution in [0.3, 0.4) is 0 Å². The Labute approximate surface area is 161 Å². The van der Waals surface area contributed by atoms with Gasteiger partial charge in [0.2, 0.25) is 0 Å². The normalized spacial score (nSPS) is 22.3. The number of nitrogens with zero attached hydrogens (tertiary/aromatic N) is 2. The van der Waals surface area contributed by atoms with Crippen LogP contribution >= 0.6 is 0 Å². The molecule has 3 rings (SSSR count). The standard InChI is InChI=1S/C16H24N2.3CO.Cr/c1-12-8-4-5-9-13(12)16-17(2)14-10-6-7-11-15(14)18(16)3;3*1-2;/h4-5,8-9,14-16H,6-7,10-11H2,1-3H3;;;;/t14-,15-;;;;/m1..../s1. The minimum absolute atomic E-state index is 0. The van der Waals surface area contributed by atoms with E-state index in [9.17, 15) is 0 Å². The molecule has 0 unspecified atom stereocenters. The molecule has 2 atom stereocenters. The van der Waals surface area contributed by atoms with Crippen molar-refractivity contribution < 1.29 is 31.3 Å². The van der Waals surface area contributed by atoms with E-state index in [-0.39, 0.29) is 17.4 Å². The van der Waals surface area contributed by atoms with Crippen LogP contribution in [0.2, 0.25) is 0 Å². The minimum atomic E-state index is 0. The van der Waals surface area contributed by atoms with Crippen LogP contribution in [0.25, 0.3) is 0 Å². The van der Waals surface area contributed by atoms with Crippen molar-refractivity contribution in [2.45, 2.75) is 50.9 Å². The van der Waals surface area contributed by atoms with Crippen LogP contribution in [0.1, 0.15) is 43.0 Å². The van der Waals surface area contributed by atoms with Crippen molar-refractivity contribution in [2.24, 2.45) is 0 Å². The molecule has 0 amide bonds. The SMILES string of the molecule is Cc1ccccc1C1N(C)[C@@H]2CCCC[C@H]2N1C.[C-]#[O+].[C-]#[O+].[C-]#[O+].[Cr]. The molecule has 0 N–H and O–H groups in total. The first-order valence-corrected chi connectivity index (χ1v) is 7.81.